The van der Waals surface area contributed by atoms with Gasteiger partial charge in [-0.25, -0.2) is 4.98 Å². The van der Waals surface area contributed by atoms with Gasteiger partial charge in [0.15, 0.2) is 0 Å². The lowest BCUT2D eigenvalue weighted by atomic mass is 10.1. The predicted molar refractivity (Wildman–Crippen MR) is 114 cm³/mol. The molecule has 0 unspecified atom stereocenters. The number of nitrogens with zero attached hydrogens (tertiary/aromatic N) is 1. The van der Waals surface area contributed by atoms with Gasteiger partial charge >= 0.3 is 0 Å². The van der Waals surface area contributed by atoms with Crippen LogP contribution in [0.5, 0.6) is 0 Å². The van der Waals surface area contributed by atoms with Crippen LogP contribution in [0.1, 0.15) is 21.5 Å². The summed E-state index contributed by atoms with van der Waals surface area (Å²) < 4.78 is 1.13. The van der Waals surface area contributed by atoms with Gasteiger partial charge in [0.2, 0.25) is 0 Å². The largest absolute Gasteiger partial charge is 0.321 e. The number of anilines is 1. The molecule has 1 amide bonds. The van der Waals surface area contributed by atoms with E-state index in [1.165, 1.54) is 0 Å². The highest BCUT2D eigenvalue weighted by Gasteiger charge is 2.13. The molecule has 0 saturated heterocycles. The van der Waals surface area contributed by atoms with Crippen LogP contribution in [0.15, 0.2) is 60.7 Å². The van der Waals surface area contributed by atoms with Crippen molar-refractivity contribution in [3.63, 3.8) is 0 Å². The Morgan fingerprint density at radius 1 is 1.04 bits per heavy atom. The van der Waals surface area contributed by atoms with Crippen molar-refractivity contribution in [1.29, 1.82) is 0 Å². The van der Waals surface area contributed by atoms with Gasteiger partial charge in [-0.05, 0) is 49.7 Å². The second kappa shape index (κ2) is 7.14. The predicted octanol–water partition coefficient (Wildman–Crippen LogP) is 6.49. The van der Waals surface area contributed by atoms with Crippen LogP contribution in [-0.2, 0) is 0 Å². The minimum absolute atomic E-state index is 0.171. The van der Waals surface area contributed by atoms with E-state index in [1.54, 1.807) is 17.4 Å². The molecule has 1 heterocycles. The van der Waals surface area contributed by atoms with Gasteiger partial charge < -0.3 is 5.32 Å². The first-order valence-corrected chi connectivity index (χ1v) is 9.75. The summed E-state index contributed by atoms with van der Waals surface area (Å²) in [6.07, 6.45) is 0. The molecule has 1 N–H and O–H groups in total. The summed E-state index contributed by atoms with van der Waals surface area (Å²) in [6, 6.07) is 19.4. The third-order valence-electron chi connectivity index (χ3n) is 4.38. The van der Waals surface area contributed by atoms with E-state index in [1.807, 2.05) is 62.4 Å². The highest BCUT2D eigenvalue weighted by atomic mass is 35.5. The molecule has 1 aromatic heterocycles. The first kappa shape index (κ1) is 17.7. The number of carbonyl (C=O) groups is 1. The number of amides is 1. The number of thiazole rings is 1. The molecule has 4 rings (SSSR count). The molecule has 0 aliphatic rings. The number of hydrogen-bond donors (Lipinski definition) is 1. The van der Waals surface area contributed by atoms with Crippen molar-refractivity contribution in [3.05, 3.63) is 82.4 Å². The number of para-hydroxylation sites is 1. The van der Waals surface area contributed by atoms with Crippen LogP contribution in [0.25, 0.3) is 20.8 Å². The fourth-order valence-electron chi connectivity index (χ4n) is 3.01. The maximum atomic E-state index is 12.7. The lowest BCUT2D eigenvalue weighted by molar-refractivity contribution is 0.102. The Bertz CT molecular complexity index is 1130. The van der Waals surface area contributed by atoms with Gasteiger partial charge in [0, 0.05) is 11.1 Å². The second-order valence-corrected chi connectivity index (χ2v) is 7.89. The lowest BCUT2D eigenvalue weighted by Gasteiger charge is -2.11. The third-order valence-corrected chi connectivity index (χ3v) is 5.80. The van der Waals surface area contributed by atoms with Gasteiger partial charge in [0.1, 0.15) is 5.01 Å². The van der Waals surface area contributed by atoms with E-state index in [4.69, 9.17) is 11.6 Å². The number of fused-ring (bicyclic) bond motifs is 1. The SMILES string of the molecule is Cc1ccc(C(=O)Nc2cc(-c3nc4ccccc4s3)ccc2Cl)c(C)c1. The minimum atomic E-state index is -0.171. The Balaban J connectivity index is 1.67. The zero-order valence-corrected chi connectivity index (χ0v) is 16.5. The second-order valence-electron chi connectivity index (χ2n) is 6.45. The van der Waals surface area contributed by atoms with E-state index >= 15 is 0 Å². The van der Waals surface area contributed by atoms with Gasteiger partial charge in [0.05, 0.1) is 20.9 Å². The van der Waals surface area contributed by atoms with Gasteiger partial charge in [-0.2, -0.15) is 0 Å². The van der Waals surface area contributed by atoms with E-state index in [2.05, 4.69) is 16.4 Å². The fourth-order valence-corrected chi connectivity index (χ4v) is 4.13. The number of aryl methyl sites for hydroxylation is 2. The van der Waals surface area contributed by atoms with Crippen molar-refractivity contribution < 1.29 is 4.79 Å². The lowest BCUT2D eigenvalue weighted by Crippen LogP contribution is -2.13. The quantitative estimate of drug-likeness (QED) is 0.433. The molecule has 4 aromatic rings. The summed E-state index contributed by atoms with van der Waals surface area (Å²) in [5.74, 6) is -0.171. The van der Waals surface area contributed by atoms with E-state index in [9.17, 15) is 4.79 Å². The molecule has 0 bridgehead atoms. The zero-order chi connectivity index (χ0) is 19.0. The molecule has 0 aliphatic heterocycles. The van der Waals surface area contributed by atoms with Crippen LogP contribution < -0.4 is 5.32 Å². The average Bonchev–Trinajstić information content (AvgIpc) is 3.07. The van der Waals surface area contributed by atoms with Crippen molar-refractivity contribution in [2.24, 2.45) is 0 Å². The molecule has 0 aliphatic carbocycles. The summed E-state index contributed by atoms with van der Waals surface area (Å²) in [6.45, 7) is 3.94. The molecule has 0 saturated carbocycles. The number of benzene rings is 3. The maximum Gasteiger partial charge on any atom is 0.255 e. The molecule has 134 valence electrons. The Morgan fingerprint density at radius 3 is 2.63 bits per heavy atom. The third kappa shape index (κ3) is 3.59. The van der Waals surface area contributed by atoms with Crippen LogP contribution in [0, 0.1) is 13.8 Å². The molecule has 0 atom stereocenters. The number of aromatic nitrogens is 1. The summed E-state index contributed by atoms with van der Waals surface area (Å²) in [4.78, 5) is 17.4. The Hall–Kier alpha value is -2.69. The van der Waals surface area contributed by atoms with Gasteiger partial charge in [-0.1, -0.05) is 47.5 Å². The number of nitrogens with one attached hydrogen (secondary N) is 1. The average molecular weight is 393 g/mol. The molecular formula is C22H17ClN2OS. The van der Waals surface area contributed by atoms with Crippen LogP contribution in [0.2, 0.25) is 5.02 Å². The first-order chi connectivity index (χ1) is 13.0. The van der Waals surface area contributed by atoms with Gasteiger partial charge in [-0.15, -0.1) is 11.3 Å². The van der Waals surface area contributed by atoms with E-state index in [-0.39, 0.29) is 5.91 Å². The molecular weight excluding hydrogens is 376 g/mol. The van der Waals surface area contributed by atoms with Crippen molar-refractivity contribution in [3.8, 4) is 10.6 Å². The molecule has 5 heteroatoms. The number of rotatable bonds is 3. The van der Waals surface area contributed by atoms with Crippen LogP contribution >= 0.6 is 22.9 Å². The standard InChI is InChI=1S/C22H17ClN2OS/c1-13-7-9-16(14(2)11-13)21(26)24-19-12-15(8-10-17(19)23)22-25-18-5-3-4-6-20(18)27-22/h3-12H,1-2H3,(H,24,26). The molecule has 0 radical (unpaired) electrons. The molecule has 3 aromatic carbocycles. The highest BCUT2D eigenvalue weighted by Crippen LogP contribution is 2.34. The zero-order valence-electron chi connectivity index (χ0n) is 14.9. The summed E-state index contributed by atoms with van der Waals surface area (Å²) in [5, 5.41) is 4.33. The first-order valence-electron chi connectivity index (χ1n) is 8.55. The van der Waals surface area contributed by atoms with Gasteiger partial charge in [0.25, 0.3) is 5.91 Å². The Morgan fingerprint density at radius 2 is 1.85 bits per heavy atom. The van der Waals surface area contributed by atoms with Crippen LogP contribution in [0.3, 0.4) is 0 Å². The fraction of sp³-hybridized carbons (Fsp3) is 0.0909. The highest BCUT2D eigenvalue weighted by molar-refractivity contribution is 7.21. The number of halogens is 1. The topological polar surface area (TPSA) is 42.0 Å². The smallest absolute Gasteiger partial charge is 0.255 e. The Kier molecular flexibility index (Phi) is 4.68. The minimum Gasteiger partial charge on any atom is -0.321 e. The van der Waals surface area contributed by atoms with Crippen molar-refractivity contribution >= 4 is 44.7 Å². The molecule has 0 fully saturated rings. The summed E-state index contributed by atoms with van der Waals surface area (Å²) in [5.41, 5.74) is 5.18. The number of hydrogen-bond acceptors (Lipinski definition) is 3. The van der Waals surface area contributed by atoms with Crippen molar-refractivity contribution in [1.82, 2.24) is 4.98 Å². The van der Waals surface area contributed by atoms with Crippen LogP contribution in [-0.4, -0.2) is 10.9 Å². The van der Waals surface area contributed by atoms with E-state index < -0.39 is 0 Å². The van der Waals surface area contributed by atoms with Crippen LogP contribution in [0.4, 0.5) is 5.69 Å². The molecule has 3 nitrogen and oxygen atoms in total. The van der Waals surface area contributed by atoms with E-state index in [0.717, 1.165) is 31.9 Å². The summed E-state index contributed by atoms with van der Waals surface area (Å²) >= 11 is 7.94. The van der Waals surface area contributed by atoms with Crippen molar-refractivity contribution in [2.45, 2.75) is 13.8 Å². The van der Waals surface area contributed by atoms with E-state index in [0.29, 0.717) is 16.3 Å². The summed E-state index contributed by atoms with van der Waals surface area (Å²) in [7, 11) is 0. The molecule has 0 spiro atoms. The molecule has 27 heavy (non-hydrogen) atoms. The van der Waals surface area contributed by atoms with Crippen molar-refractivity contribution in [2.75, 3.05) is 5.32 Å². The Labute approximate surface area is 166 Å². The monoisotopic (exact) mass is 392 g/mol. The van der Waals surface area contributed by atoms with Gasteiger partial charge in [-0.3, -0.25) is 4.79 Å². The number of carbonyl (C=O) groups excluding carboxylic acids is 1. The normalized spacial score (nSPS) is 10.9. The maximum absolute atomic E-state index is 12.7.